The number of amides is 1. The highest BCUT2D eigenvalue weighted by atomic mass is 16.2. The van der Waals surface area contributed by atoms with Gasteiger partial charge in [0.05, 0.1) is 12.5 Å². The topological polar surface area (TPSA) is 56.1 Å². The molecule has 4 nitrogen and oxygen atoms in total. The molecule has 1 aliphatic heterocycles. The first-order valence-electron chi connectivity index (χ1n) is 6.54. The minimum absolute atomic E-state index is 0.00898. The molecule has 1 heterocycles. The molecule has 2 rings (SSSR count). The number of rotatable bonds is 2. The lowest BCUT2D eigenvalue weighted by molar-refractivity contribution is -0.122. The summed E-state index contributed by atoms with van der Waals surface area (Å²) in [5.41, 5.74) is 3.22. The average molecular weight is 257 g/mol. The van der Waals surface area contributed by atoms with Gasteiger partial charge >= 0.3 is 0 Å². The molecule has 4 heteroatoms. The van der Waals surface area contributed by atoms with Crippen molar-refractivity contribution in [3.05, 3.63) is 29.3 Å². The van der Waals surface area contributed by atoms with Crippen LogP contribution in [0.5, 0.6) is 0 Å². The fourth-order valence-electron chi connectivity index (χ4n) is 2.60. The minimum atomic E-state index is -0.387. The summed E-state index contributed by atoms with van der Waals surface area (Å²) in [5, 5.41) is 11.9. The molecule has 1 amide bonds. The first-order chi connectivity index (χ1) is 9.02. The highest BCUT2D eigenvalue weighted by Gasteiger charge is 2.33. The average Bonchev–Trinajstić information content (AvgIpc) is 2.32. The van der Waals surface area contributed by atoms with E-state index in [0.717, 1.165) is 16.8 Å². The molecule has 0 saturated carbocycles. The Labute approximate surface area is 114 Å². The maximum absolute atomic E-state index is 12.5. The molecule has 1 fully saturated rings. The van der Waals surface area contributed by atoms with E-state index in [4.69, 9.17) is 5.26 Å². The molecule has 0 bridgehead atoms. The normalized spacial score (nSPS) is 23.3. The van der Waals surface area contributed by atoms with Crippen molar-refractivity contribution in [2.24, 2.45) is 0 Å². The van der Waals surface area contributed by atoms with Gasteiger partial charge in [0.1, 0.15) is 6.04 Å². The van der Waals surface area contributed by atoms with E-state index in [2.05, 4.69) is 17.5 Å². The van der Waals surface area contributed by atoms with Crippen LogP contribution in [0, 0.1) is 25.2 Å². The molecule has 0 aromatic heterocycles. The molecule has 0 aliphatic carbocycles. The smallest absolute Gasteiger partial charge is 0.245 e. The second-order valence-corrected chi connectivity index (χ2v) is 5.23. The van der Waals surface area contributed by atoms with Gasteiger partial charge < -0.3 is 10.2 Å². The zero-order valence-electron chi connectivity index (χ0n) is 11.6. The van der Waals surface area contributed by atoms with Crippen LogP contribution in [0.1, 0.15) is 24.5 Å². The predicted molar refractivity (Wildman–Crippen MR) is 74.9 cm³/mol. The molecule has 19 heavy (non-hydrogen) atoms. The van der Waals surface area contributed by atoms with Crippen molar-refractivity contribution >= 4 is 11.6 Å². The molecule has 1 aromatic carbocycles. The van der Waals surface area contributed by atoms with Crippen LogP contribution in [-0.4, -0.2) is 24.5 Å². The Balaban J connectivity index is 2.35. The van der Waals surface area contributed by atoms with E-state index in [-0.39, 0.29) is 24.4 Å². The molecule has 0 spiro atoms. The molecular weight excluding hydrogens is 238 g/mol. The van der Waals surface area contributed by atoms with Crippen LogP contribution in [-0.2, 0) is 4.79 Å². The van der Waals surface area contributed by atoms with Crippen molar-refractivity contribution in [3.63, 3.8) is 0 Å². The van der Waals surface area contributed by atoms with Gasteiger partial charge in [-0.05, 0) is 44.0 Å². The first-order valence-corrected chi connectivity index (χ1v) is 6.54. The fourth-order valence-corrected chi connectivity index (χ4v) is 2.60. The predicted octanol–water partition coefficient (Wildman–Crippen LogP) is 1.91. The summed E-state index contributed by atoms with van der Waals surface area (Å²) in [5.74, 6) is -0.00898. The number of nitrogens with one attached hydrogen (secondary N) is 1. The largest absolute Gasteiger partial charge is 0.307 e. The number of anilines is 1. The molecule has 1 saturated heterocycles. The molecule has 100 valence electrons. The number of aryl methyl sites for hydroxylation is 2. The third kappa shape index (κ3) is 2.77. The van der Waals surface area contributed by atoms with Crippen LogP contribution in [0.2, 0.25) is 0 Å². The quantitative estimate of drug-likeness (QED) is 0.880. The Kier molecular flexibility index (Phi) is 3.87. The Morgan fingerprint density at radius 2 is 2.00 bits per heavy atom. The summed E-state index contributed by atoms with van der Waals surface area (Å²) in [6, 6.07) is 7.92. The zero-order chi connectivity index (χ0) is 14.0. The Morgan fingerprint density at radius 1 is 1.37 bits per heavy atom. The van der Waals surface area contributed by atoms with E-state index in [0.29, 0.717) is 6.54 Å². The highest BCUT2D eigenvalue weighted by Crippen LogP contribution is 2.24. The van der Waals surface area contributed by atoms with Gasteiger partial charge in [0.15, 0.2) is 0 Å². The van der Waals surface area contributed by atoms with Gasteiger partial charge in [-0.1, -0.05) is 6.07 Å². The Morgan fingerprint density at radius 3 is 2.58 bits per heavy atom. The molecule has 1 N–H and O–H groups in total. The molecule has 2 unspecified atom stereocenters. The van der Waals surface area contributed by atoms with Crippen molar-refractivity contribution < 1.29 is 4.79 Å². The first kappa shape index (κ1) is 13.6. The van der Waals surface area contributed by atoms with Gasteiger partial charge in [-0.2, -0.15) is 5.26 Å². The van der Waals surface area contributed by atoms with Crippen LogP contribution in [0.25, 0.3) is 0 Å². The Bertz CT molecular complexity index is 512. The van der Waals surface area contributed by atoms with Crippen LogP contribution in [0.4, 0.5) is 5.69 Å². The lowest BCUT2D eigenvalue weighted by atomic mass is 10.0. The molecule has 0 radical (unpaired) electrons. The number of nitrogens with zero attached hydrogens (tertiary/aromatic N) is 2. The fraction of sp³-hybridized carbons (Fsp3) is 0.467. The van der Waals surface area contributed by atoms with Gasteiger partial charge in [-0.15, -0.1) is 0 Å². The van der Waals surface area contributed by atoms with E-state index in [9.17, 15) is 4.79 Å². The lowest BCUT2D eigenvalue weighted by Gasteiger charge is -2.38. The van der Waals surface area contributed by atoms with Gasteiger partial charge in [0, 0.05) is 18.3 Å². The molecule has 1 aromatic rings. The number of piperazine rings is 1. The number of carbonyl (C=O) groups excluding carboxylic acids is 1. The van der Waals surface area contributed by atoms with Gasteiger partial charge in [-0.3, -0.25) is 4.79 Å². The molecular formula is C15H19N3O. The Hall–Kier alpha value is -1.86. The number of nitriles is 1. The summed E-state index contributed by atoms with van der Waals surface area (Å²) in [7, 11) is 0. The lowest BCUT2D eigenvalue weighted by Crippen LogP contribution is -2.59. The van der Waals surface area contributed by atoms with Crippen molar-refractivity contribution in [1.29, 1.82) is 5.26 Å². The number of hydrogen-bond acceptors (Lipinski definition) is 3. The van der Waals surface area contributed by atoms with E-state index < -0.39 is 0 Å². The van der Waals surface area contributed by atoms with E-state index in [1.54, 1.807) is 0 Å². The van der Waals surface area contributed by atoms with E-state index in [1.807, 2.05) is 37.8 Å². The maximum Gasteiger partial charge on any atom is 0.245 e. The van der Waals surface area contributed by atoms with Gasteiger partial charge in [0.25, 0.3) is 0 Å². The summed E-state index contributed by atoms with van der Waals surface area (Å²) in [4.78, 5) is 14.3. The van der Waals surface area contributed by atoms with Gasteiger partial charge in [0.2, 0.25) is 5.91 Å². The summed E-state index contributed by atoms with van der Waals surface area (Å²) < 4.78 is 0. The number of carbonyl (C=O) groups is 1. The number of benzene rings is 1. The highest BCUT2D eigenvalue weighted by molar-refractivity contribution is 5.98. The summed E-state index contributed by atoms with van der Waals surface area (Å²) >= 11 is 0. The summed E-state index contributed by atoms with van der Waals surface area (Å²) in [6.07, 6.45) is 0.215. The van der Waals surface area contributed by atoms with E-state index in [1.165, 1.54) is 0 Å². The minimum Gasteiger partial charge on any atom is -0.307 e. The standard InChI is InChI=1S/C15H19N3O/c1-10-6-11(2)8-13(7-10)18-12(3)9-17-14(4-5-16)15(18)19/h6-8,12,14,17H,4,9H2,1-3H3. The summed E-state index contributed by atoms with van der Waals surface area (Å²) in [6.45, 7) is 6.79. The third-order valence-electron chi connectivity index (χ3n) is 3.42. The maximum atomic E-state index is 12.5. The SMILES string of the molecule is Cc1cc(C)cc(N2C(=O)C(CC#N)NCC2C)c1. The van der Waals surface area contributed by atoms with Crippen LogP contribution in [0.3, 0.4) is 0 Å². The van der Waals surface area contributed by atoms with Crippen LogP contribution < -0.4 is 10.2 Å². The second kappa shape index (κ2) is 5.41. The molecule has 2 atom stereocenters. The van der Waals surface area contributed by atoms with Gasteiger partial charge in [-0.25, -0.2) is 0 Å². The second-order valence-electron chi connectivity index (χ2n) is 5.23. The zero-order valence-corrected chi connectivity index (χ0v) is 11.6. The molecule has 1 aliphatic rings. The van der Waals surface area contributed by atoms with Crippen LogP contribution in [0.15, 0.2) is 18.2 Å². The van der Waals surface area contributed by atoms with Crippen molar-refractivity contribution in [2.45, 2.75) is 39.3 Å². The van der Waals surface area contributed by atoms with Crippen molar-refractivity contribution in [3.8, 4) is 6.07 Å². The monoisotopic (exact) mass is 257 g/mol. The van der Waals surface area contributed by atoms with Crippen molar-refractivity contribution in [1.82, 2.24) is 5.32 Å². The van der Waals surface area contributed by atoms with E-state index >= 15 is 0 Å². The third-order valence-corrected chi connectivity index (χ3v) is 3.42. The number of hydrogen-bond donors (Lipinski definition) is 1. The van der Waals surface area contributed by atoms with Crippen molar-refractivity contribution in [2.75, 3.05) is 11.4 Å². The van der Waals surface area contributed by atoms with Crippen LogP contribution >= 0.6 is 0 Å².